The molecule has 0 aliphatic carbocycles. The lowest BCUT2D eigenvalue weighted by atomic mass is 9.79. The molecule has 1 rings (SSSR count). The van der Waals surface area contributed by atoms with E-state index in [2.05, 4.69) is 13.8 Å². The molecule has 10 heteroatoms. The van der Waals surface area contributed by atoms with E-state index in [9.17, 15) is 40.5 Å². The van der Waals surface area contributed by atoms with Crippen molar-refractivity contribution in [3.63, 3.8) is 0 Å². The lowest BCUT2D eigenvalue weighted by molar-refractivity contribution is -0.241. The largest absolute Gasteiger partial charge is 0.394 e. The van der Waals surface area contributed by atoms with Gasteiger partial charge in [0.2, 0.25) is 0 Å². The minimum absolute atomic E-state index is 0.224. The first kappa shape index (κ1) is 57.3. The van der Waals surface area contributed by atoms with Gasteiger partial charge in [-0.3, -0.25) is 4.79 Å². The van der Waals surface area contributed by atoms with Crippen LogP contribution in [-0.4, -0.2) is 103 Å². The van der Waals surface area contributed by atoms with Gasteiger partial charge in [0.25, 0.3) is 0 Å². The van der Waals surface area contributed by atoms with Crippen LogP contribution in [0.5, 0.6) is 0 Å². The third kappa shape index (κ3) is 26.2. The summed E-state index contributed by atoms with van der Waals surface area (Å²) in [7, 11) is 0. The number of hydrogen-bond donors (Lipinski definition) is 8. The lowest BCUT2D eigenvalue weighted by Gasteiger charge is -2.43. The van der Waals surface area contributed by atoms with Crippen LogP contribution >= 0.6 is 0 Å². The zero-order valence-corrected chi connectivity index (χ0v) is 39.0. The molecule has 0 bridgehead atoms. The van der Waals surface area contributed by atoms with Gasteiger partial charge in [-0.25, -0.2) is 0 Å². The molecular formula is C50H99NO9. The second kappa shape index (κ2) is 38.7. The summed E-state index contributed by atoms with van der Waals surface area (Å²) in [5.74, 6) is -1.87. The van der Waals surface area contributed by atoms with Crippen molar-refractivity contribution < 1.29 is 45.3 Å². The number of Topliss-reactive ketones (excluding diaryl/α,β-unsaturated/α-hetero) is 1. The molecule has 10 atom stereocenters. The van der Waals surface area contributed by atoms with Crippen LogP contribution in [0.4, 0.5) is 0 Å². The molecule has 0 amide bonds. The summed E-state index contributed by atoms with van der Waals surface area (Å²) in [4.78, 5) is 13.8. The van der Waals surface area contributed by atoms with Gasteiger partial charge in [-0.05, 0) is 12.8 Å². The molecule has 10 nitrogen and oxygen atoms in total. The molecule has 1 fully saturated rings. The van der Waals surface area contributed by atoms with E-state index in [4.69, 9.17) is 10.5 Å². The molecule has 358 valence electrons. The number of ketones is 1. The van der Waals surface area contributed by atoms with Crippen LogP contribution in [0.1, 0.15) is 245 Å². The third-order valence-corrected chi connectivity index (χ3v) is 13.4. The molecule has 60 heavy (non-hydrogen) atoms. The zero-order valence-electron chi connectivity index (χ0n) is 39.0. The molecule has 1 saturated heterocycles. The van der Waals surface area contributed by atoms with E-state index in [-0.39, 0.29) is 6.42 Å². The second-order valence-electron chi connectivity index (χ2n) is 18.8. The van der Waals surface area contributed by atoms with E-state index < -0.39 is 73.2 Å². The first-order valence-corrected chi connectivity index (χ1v) is 25.8. The minimum Gasteiger partial charge on any atom is -0.394 e. The van der Waals surface area contributed by atoms with Crippen molar-refractivity contribution in [2.75, 3.05) is 6.61 Å². The van der Waals surface area contributed by atoms with Crippen molar-refractivity contribution in [1.29, 1.82) is 0 Å². The van der Waals surface area contributed by atoms with Gasteiger partial charge in [0.05, 0.1) is 31.0 Å². The average Bonchev–Trinajstić information content (AvgIpc) is 3.25. The van der Waals surface area contributed by atoms with E-state index in [1.54, 1.807) is 0 Å². The van der Waals surface area contributed by atoms with Crippen molar-refractivity contribution in [2.45, 2.75) is 300 Å². The molecule has 0 aromatic heterocycles. The maximum atomic E-state index is 13.8. The topological polar surface area (TPSA) is 194 Å². The molecule has 1 heterocycles. The highest BCUT2D eigenvalue weighted by Crippen LogP contribution is 2.31. The van der Waals surface area contributed by atoms with Gasteiger partial charge in [0.15, 0.2) is 5.78 Å². The van der Waals surface area contributed by atoms with Crippen molar-refractivity contribution in [3.8, 4) is 0 Å². The Bertz CT molecular complexity index is 957. The fraction of sp³-hybridized carbons (Fsp3) is 0.980. The van der Waals surface area contributed by atoms with Crippen LogP contribution < -0.4 is 5.73 Å². The number of carbonyl (C=O) groups is 1. The highest BCUT2D eigenvalue weighted by atomic mass is 16.5. The van der Waals surface area contributed by atoms with Crippen LogP contribution in [0.3, 0.4) is 0 Å². The summed E-state index contributed by atoms with van der Waals surface area (Å²) in [6, 6.07) is -1.47. The highest BCUT2D eigenvalue weighted by molar-refractivity contribution is 5.86. The van der Waals surface area contributed by atoms with Crippen molar-refractivity contribution in [1.82, 2.24) is 0 Å². The van der Waals surface area contributed by atoms with E-state index in [0.29, 0.717) is 19.3 Å². The SMILES string of the molecule is CCCCCCCCCCCCCCCCCCCCCCCCC(C(=O)C(O)C(N)C(O)C(O)CCCCCCCCCCCCCC)[C@H]1O[C@H](CO)[C@H](O)[C@H](O)[C@H]1O. The maximum absolute atomic E-state index is 13.8. The zero-order chi connectivity index (χ0) is 44.2. The Labute approximate surface area is 368 Å². The lowest BCUT2D eigenvalue weighted by Crippen LogP contribution is -2.62. The van der Waals surface area contributed by atoms with Gasteiger partial charge in [0.1, 0.15) is 30.5 Å². The van der Waals surface area contributed by atoms with Crippen LogP contribution in [0, 0.1) is 5.92 Å². The van der Waals surface area contributed by atoms with Crippen LogP contribution in [0.25, 0.3) is 0 Å². The number of unbranched alkanes of at least 4 members (excludes halogenated alkanes) is 32. The van der Waals surface area contributed by atoms with Crippen LogP contribution in [0.15, 0.2) is 0 Å². The van der Waals surface area contributed by atoms with Gasteiger partial charge >= 0.3 is 0 Å². The number of rotatable bonds is 43. The Balaban J connectivity index is 2.40. The summed E-state index contributed by atoms with van der Waals surface area (Å²) in [6.45, 7) is 3.87. The number of nitrogens with two attached hydrogens (primary N) is 1. The predicted molar refractivity (Wildman–Crippen MR) is 246 cm³/mol. The van der Waals surface area contributed by atoms with Crippen molar-refractivity contribution in [2.24, 2.45) is 11.7 Å². The standard InChI is InChI=1S/C50H99NO9/c1-3-5-7-9-11-13-15-17-18-19-20-21-22-23-24-25-26-27-29-31-33-35-37-40(50-49(59)48(58)46(56)42(39-52)60-50)44(54)47(57)43(51)45(55)41(53)38-36-34-32-30-28-16-14-12-10-8-6-4-2/h40-43,45-50,52-53,55-59H,3-39,51H2,1-2H3/t40?,41?,42-,43?,45?,46+,47?,48+,49-,50-/m1/s1. The summed E-state index contributed by atoms with van der Waals surface area (Å²) in [5, 5.41) is 74.3. The van der Waals surface area contributed by atoms with Gasteiger partial charge in [0, 0.05) is 5.92 Å². The predicted octanol–water partition coefficient (Wildman–Crippen LogP) is 9.51. The van der Waals surface area contributed by atoms with E-state index in [0.717, 1.165) is 44.9 Å². The Morgan fingerprint density at radius 1 is 0.483 bits per heavy atom. The Kier molecular flexibility index (Phi) is 37.0. The molecule has 0 aromatic rings. The number of aliphatic hydroxyl groups excluding tert-OH is 7. The Morgan fingerprint density at radius 2 is 0.800 bits per heavy atom. The summed E-state index contributed by atoms with van der Waals surface area (Å²) in [5.41, 5.74) is 6.20. The molecule has 0 aromatic carbocycles. The fourth-order valence-corrected chi connectivity index (χ4v) is 9.12. The number of carbonyl (C=O) groups excluding carboxylic acids is 1. The smallest absolute Gasteiger partial charge is 0.168 e. The summed E-state index contributed by atoms with van der Waals surface area (Å²) >= 11 is 0. The molecule has 9 N–H and O–H groups in total. The Hall–Kier alpha value is -0.690. The van der Waals surface area contributed by atoms with Crippen LogP contribution in [0.2, 0.25) is 0 Å². The first-order valence-electron chi connectivity index (χ1n) is 25.8. The monoisotopic (exact) mass is 858 g/mol. The number of hydrogen-bond acceptors (Lipinski definition) is 10. The molecule has 0 saturated carbocycles. The first-order chi connectivity index (χ1) is 29.1. The summed E-state index contributed by atoms with van der Waals surface area (Å²) in [6.07, 6.45) is 30.3. The van der Waals surface area contributed by atoms with Gasteiger partial charge in [-0.2, -0.15) is 0 Å². The summed E-state index contributed by atoms with van der Waals surface area (Å²) < 4.78 is 5.78. The van der Waals surface area contributed by atoms with E-state index in [1.165, 1.54) is 161 Å². The van der Waals surface area contributed by atoms with Gasteiger partial charge in [-0.15, -0.1) is 0 Å². The molecular weight excluding hydrogens is 759 g/mol. The fourth-order valence-electron chi connectivity index (χ4n) is 9.12. The van der Waals surface area contributed by atoms with E-state index in [1.807, 2.05) is 0 Å². The highest BCUT2D eigenvalue weighted by Gasteiger charge is 2.49. The van der Waals surface area contributed by atoms with E-state index >= 15 is 0 Å². The van der Waals surface area contributed by atoms with Gasteiger partial charge < -0.3 is 46.2 Å². The average molecular weight is 858 g/mol. The molecule has 5 unspecified atom stereocenters. The van der Waals surface area contributed by atoms with Crippen molar-refractivity contribution in [3.05, 3.63) is 0 Å². The number of ether oxygens (including phenoxy) is 1. The normalized spacial score (nSPS) is 22.1. The molecule has 1 aliphatic rings. The molecule has 0 spiro atoms. The van der Waals surface area contributed by atoms with Gasteiger partial charge in [-0.1, -0.05) is 232 Å². The molecule has 1 aliphatic heterocycles. The minimum atomic E-state index is -1.85. The number of aliphatic hydroxyl groups is 7. The second-order valence-corrected chi connectivity index (χ2v) is 18.8. The maximum Gasteiger partial charge on any atom is 0.168 e. The quantitative estimate of drug-likeness (QED) is 0.0274. The third-order valence-electron chi connectivity index (χ3n) is 13.4. The molecule has 0 radical (unpaired) electrons. The Morgan fingerprint density at radius 3 is 1.13 bits per heavy atom. The van der Waals surface area contributed by atoms with Crippen molar-refractivity contribution >= 4 is 5.78 Å². The van der Waals surface area contributed by atoms with Crippen LogP contribution in [-0.2, 0) is 9.53 Å².